The number of amides is 1. The number of carbonyl (C=O) groups is 3. The summed E-state index contributed by atoms with van der Waals surface area (Å²) in [6.45, 7) is 7.32. The number of methoxy groups -OCH3 is 1. The topological polar surface area (TPSA) is 103 Å². The third kappa shape index (κ3) is 9.42. The van der Waals surface area contributed by atoms with Gasteiger partial charge in [-0.1, -0.05) is 0 Å². The summed E-state index contributed by atoms with van der Waals surface area (Å²) >= 11 is 4.34. The molecule has 1 atom stereocenters. The van der Waals surface area contributed by atoms with Gasteiger partial charge >= 0.3 is 273 Å². The number of piperidine rings is 1. The fraction of sp³-hybridized carbons (Fsp3) is 0.406. The van der Waals surface area contributed by atoms with Gasteiger partial charge in [-0.15, -0.1) is 0 Å². The number of ether oxygens (including phenoxy) is 3. The quantitative estimate of drug-likeness (QED) is 0.209. The molecular formula is C32H37AsBrN2O6S. The van der Waals surface area contributed by atoms with Crippen molar-refractivity contribution in [1.82, 2.24) is 10.6 Å². The summed E-state index contributed by atoms with van der Waals surface area (Å²) in [7, 11) is 1.31. The Kier molecular flexibility index (Phi) is 11.9. The number of hydrogen-bond donors (Lipinski definition) is 2. The molecule has 1 aliphatic heterocycles. The molecule has 1 fully saturated rings. The molecular weight excluding hydrogens is 695 g/mol. The van der Waals surface area contributed by atoms with Crippen LogP contribution in [0, 0.1) is 5.92 Å². The van der Waals surface area contributed by atoms with Crippen LogP contribution in [0.3, 0.4) is 0 Å². The van der Waals surface area contributed by atoms with Crippen molar-refractivity contribution < 1.29 is 28.6 Å². The molecule has 0 spiro atoms. The van der Waals surface area contributed by atoms with Gasteiger partial charge in [-0.25, -0.2) is 0 Å². The van der Waals surface area contributed by atoms with Crippen LogP contribution in [0.25, 0.3) is 10.4 Å². The molecule has 2 N–H and O–H groups in total. The van der Waals surface area contributed by atoms with E-state index < -0.39 is 33.3 Å². The Hall–Kier alpha value is -2.65. The van der Waals surface area contributed by atoms with Crippen LogP contribution in [0.5, 0.6) is 5.75 Å². The van der Waals surface area contributed by atoms with Crippen LogP contribution in [0.1, 0.15) is 48.8 Å². The minimum atomic E-state index is -0.657. The van der Waals surface area contributed by atoms with Gasteiger partial charge in [0.1, 0.15) is 0 Å². The zero-order valence-electron chi connectivity index (χ0n) is 24.8. The molecule has 1 aliphatic rings. The van der Waals surface area contributed by atoms with Crippen LogP contribution in [0.15, 0.2) is 59.1 Å². The van der Waals surface area contributed by atoms with E-state index in [1.54, 1.807) is 20.8 Å². The van der Waals surface area contributed by atoms with Crippen molar-refractivity contribution >= 4 is 65.2 Å². The standard InChI is InChI=1S/C32H37AsBrN2O6S/c1-32(2,3)42-24(37)19-41-27-26(34)28(43-29(27)31(39)40-4)22-11-8-12-23(17-22)33-25(21-13-15-35-16-14-21)30(38)36-18-20-9-6-5-7-10-20/h5-12,17,21,25,35H,13-16,18-19H2,1-4H3,(H,36,38). The first-order chi connectivity index (χ1) is 20.6. The fourth-order valence-electron chi connectivity index (χ4n) is 4.76. The van der Waals surface area contributed by atoms with Crippen molar-refractivity contribution in [3.8, 4) is 16.2 Å². The third-order valence-corrected chi connectivity index (χ3v) is 12.1. The zero-order chi connectivity index (χ0) is 31.0. The maximum absolute atomic E-state index is 13.6. The molecule has 1 radical (unpaired) electrons. The maximum atomic E-state index is 13.6. The van der Waals surface area contributed by atoms with Gasteiger partial charge in [-0.3, -0.25) is 0 Å². The minimum absolute atomic E-state index is 0.0811. The molecule has 4 rings (SSSR count). The second kappa shape index (κ2) is 15.4. The van der Waals surface area contributed by atoms with E-state index in [2.05, 4.69) is 38.7 Å². The first kappa shape index (κ1) is 33.2. The van der Waals surface area contributed by atoms with Crippen LogP contribution in [0.2, 0.25) is 4.71 Å². The SMILES string of the molecule is COC(=O)c1sc(-c2cccc([As]C(C(=O)NCc3ccccc3)C3CCNCC3)c2)c(Br)c1OCC(=O)OC(C)(C)C. The Bertz CT molecular complexity index is 1420. The van der Waals surface area contributed by atoms with Gasteiger partial charge in [0.25, 0.3) is 0 Å². The van der Waals surface area contributed by atoms with E-state index in [0.29, 0.717) is 16.9 Å². The second-order valence-electron chi connectivity index (χ2n) is 11.2. The van der Waals surface area contributed by atoms with Gasteiger partial charge in [0.15, 0.2) is 0 Å². The zero-order valence-corrected chi connectivity index (χ0v) is 29.1. The van der Waals surface area contributed by atoms with Gasteiger partial charge in [0.05, 0.1) is 0 Å². The van der Waals surface area contributed by atoms with Crippen LogP contribution < -0.4 is 19.7 Å². The number of nitrogens with one attached hydrogen (secondary N) is 2. The van der Waals surface area contributed by atoms with E-state index in [4.69, 9.17) is 14.2 Å². The van der Waals surface area contributed by atoms with E-state index in [1.807, 2.05) is 42.5 Å². The predicted octanol–water partition coefficient (Wildman–Crippen LogP) is 5.12. The van der Waals surface area contributed by atoms with E-state index in [-0.39, 0.29) is 27.8 Å². The van der Waals surface area contributed by atoms with E-state index in [1.165, 1.54) is 18.4 Å². The molecule has 2 aromatic carbocycles. The average molecular weight is 733 g/mol. The van der Waals surface area contributed by atoms with E-state index in [0.717, 1.165) is 46.3 Å². The van der Waals surface area contributed by atoms with Gasteiger partial charge in [-0.05, 0) is 0 Å². The second-order valence-corrected chi connectivity index (χ2v) is 15.8. The van der Waals surface area contributed by atoms with Crippen LogP contribution in [-0.4, -0.2) is 66.0 Å². The third-order valence-electron chi connectivity index (χ3n) is 6.74. The molecule has 1 amide bonds. The average Bonchev–Trinajstić information content (AvgIpc) is 3.33. The number of benzene rings is 2. The molecule has 0 bridgehead atoms. The molecule has 1 saturated heterocycles. The molecule has 0 saturated carbocycles. The Morgan fingerprint density at radius 2 is 1.81 bits per heavy atom. The van der Waals surface area contributed by atoms with Crippen molar-refractivity contribution in [3.63, 3.8) is 0 Å². The first-order valence-corrected chi connectivity index (χ1v) is 17.8. The van der Waals surface area contributed by atoms with Crippen molar-refractivity contribution in [2.45, 2.75) is 50.5 Å². The van der Waals surface area contributed by atoms with Crippen molar-refractivity contribution in [1.29, 1.82) is 0 Å². The van der Waals surface area contributed by atoms with Gasteiger partial charge in [0.2, 0.25) is 0 Å². The predicted molar refractivity (Wildman–Crippen MR) is 173 cm³/mol. The number of carbonyl (C=O) groups excluding carboxylic acids is 3. The van der Waals surface area contributed by atoms with Crippen molar-refractivity contribution in [2.24, 2.45) is 5.92 Å². The molecule has 229 valence electrons. The molecule has 11 heteroatoms. The molecule has 1 unspecified atom stereocenters. The summed E-state index contributed by atoms with van der Waals surface area (Å²) in [5.74, 6) is -0.440. The van der Waals surface area contributed by atoms with Crippen LogP contribution >= 0.6 is 27.3 Å². The Morgan fingerprint density at radius 1 is 1.09 bits per heavy atom. The summed E-state index contributed by atoms with van der Waals surface area (Å²) in [6.07, 6.45) is 1.94. The molecule has 43 heavy (non-hydrogen) atoms. The summed E-state index contributed by atoms with van der Waals surface area (Å²) in [5.41, 5.74) is 1.30. The van der Waals surface area contributed by atoms with E-state index >= 15 is 0 Å². The fourth-order valence-corrected chi connectivity index (χ4v) is 9.71. The molecule has 1 aromatic heterocycles. The van der Waals surface area contributed by atoms with Gasteiger partial charge < -0.3 is 0 Å². The monoisotopic (exact) mass is 731 g/mol. The number of esters is 2. The van der Waals surface area contributed by atoms with Crippen molar-refractivity contribution in [3.05, 3.63) is 69.5 Å². The number of hydrogen-bond acceptors (Lipinski definition) is 8. The van der Waals surface area contributed by atoms with Gasteiger partial charge in [0, 0.05) is 0 Å². The number of halogens is 1. The van der Waals surface area contributed by atoms with Crippen molar-refractivity contribution in [2.75, 3.05) is 26.8 Å². The molecule has 2 heterocycles. The Balaban J connectivity index is 1.57. The summed E-state index contributed by atoms with van der Waals surface area (Å²) in [6, 6.07) is 18.1. The summed E-state index contributed by atoms with van der Waals surface area (Å²) in [4.78, 5) is 39.6. The summed E-state index contributed by atoms with van der Waals surface area (Å²) < 4.78 is 17.8. The van der Waals surface area contributed by atoms with E-state index in [9.17, 15) is 14.4 Å². The Morgan fingerprint density at radius 3 is 2.49 bits per heavy atom. The first-order valence-electron chi connectivity index (χ1n) is 14.1. The number of thiophene rings is 1. The van der Waals surface area contributed by atoms with Gasteiger partial charge in [-0.2, -0.15) is 0 Å². The molecule has 3 aromatic rings. The Labute approximate surface area is 272 Å². The summed E-state index contributed by atoms with van der Waals surface area (Å²) in [5, 5.41) is 6.60. The molecule has 8 nitrogen and oxygen atoms in total. The van der Waals surface area contributed by atoms with Crippen LogP contribution in [0.4, 0.5) is 0 Å². The number of rotatable bonds is 11. The normalized spacial score (nSPS) is 14.8. The molecule has 0 aliphatic carbocycles. The van der Waals surface area contributed by atoms with Crippen LogP contribution in [-0.2, 0) is 25.6 Å².